The first-order chi connectivity index (χ1) is 12.8. The highest BCUT2D eigenvalue weighted by Gasteiger charge is 2.24. The smallest absolute Gasteiger partial charge is 0.410 e. The number of amides is 1. The normalized spacial score (nSPS) is 15.0. The number of carboxylic acids is 1. The number of ether oxygens (including phenoxy) is 1. The summed E-state index contributed by atoms with van der Waals surface area (Å²) in [5, 5.41) is 13.6. The minimum Gasteiger partial charge on any atom is -0.481 e. The van der Waals surface area contributed by atoms with Crippen molar-refractivity contribution in [1.29, 1.82) is 0 Å². The van der Waals surface area contributed by atoms with Crippen LogP contribution in [0.1, 0.15) is 47.3 Å². The van der Waals surface area contributed by atoms with Crippen LogP contribution in [0.2, 0.25) is 0 Å². The SMILES string of the molecule is Cc1cc(C)cc(COC(=O)N2CCCn3nc(C(C)C(=O)O)cc3C2)c1. The predicted octanol–water partition coefficient (Wildman–Crippen LogP) is 3.23. The number of hydrogen-bond donors (Lipinski definition) is 1. The molecule has 7 heteroatoms. The van der Waals surface area contributed by atoms with Gasteiger partial charge in [0.15, 0.2) is 0 Å². The van der Waals surface area contributed by atoms with Crippen LogP contribution in [0.3, 0.4) is 0 Å². The first-order valence-corrected chi connectivity index (χ1v) is 9.12. The number of carboxylic acid groups (broad SMARTS) is 1. The van der Waals surface area contributed by atoms with E-state index in [-0.39, 0.29) is 12.7 Å². The summed E-state index contributed by atoms with van der Waals surface area (Å²) in [5.74, 6) is -1.58. The van der Waals surface area contributed by atoms with Gasteiger partial charge in [0.25, 0.3) is 0 Å². The van der Waals surface area contributed by atoms with Gasteiger partial charge in [-0.2, -0.15) is 5.10 Å². The summed E-state index contributed by atoms with van der Waals surface area (Å²) in [7, 11) is 0. The lowest BCUT2D eigenvalue weighted by Gasteiger charge is -2.19. The highest BCUT2D eigenvalue weighted by atomic mass is 16.6. The van der Waals surface area contributed by atoms with E-state index in [1.807, 2.05) is 26.0 Å². The van der Waals surface area contributed by atoms with Gasteiger partial charge in [-0.05, 0) is 38.8 Å². The molecule has 0 fully saturated rings. The zero-order valence-electron chi connectivity index (χ0n) is 15.9. The van der Waals surface area contributed by atoms with Crippen molar-refractivity contribution in [2.45, 2.75) is 52.8 Å². The van der Waals surface area contributed by atoms with E-state index < -0.39 is 11.9 Å². The molecule has 1 unspecified atom stereocenters. The molecule has 144 valence electrons. The number of aryl methyl sites for hydroxylation is 3. The molecular weight excluding hydrogens is 346 g/mol. The Balaban J connectivity index is 1.66. The highest BCUT2D eigenvalue weighted by molar-refractivity contribution is 5.74. The molecule has 1 amide bonds. The molecular formula is C20H25N3O4. The molecule has 2 heterocycles. The Kier molecular flexibility index (Phi) is 5.48. The summed E-state index contributed by atoms with van der Waals surface area (Å²) in [4.78, 5) is 25.4. The van der Waals surface area contributed by atoms with Crippen LogP contribution in [-0.2, 0) is 29.2 Å². The van der Waals surface area contributed by atoms with Crippen LogP contribution in [0.15, 0.2) is 24.3 Å². The Morgan fingerprint density at radius 1 is 1.19 bits per heavy atom. The van der Waals surface area contributed by atoms with Gasteiger partial charge in [0, 0.05) is 13.1 Å². The van der Waals surface area contributed by atoms with Crippen LogP contribution in [-0.4, -0.2) is 38.4 Å². The largest absolute Gasteiger partial charge is 0.481 e. The number of rotatable bonds is 4. The third-order valence-corrected chi connectivity index (χ3v) is 4.75. The van der Waals surface area contributed by atoms with Crippen LogP contribution in [0, 0.1) is 13.8 Å². The molecule has 1 aromatic heterocycles. The Morgan fingerprint density at radius 2 is 1.89 bits per heavy atom. The van der Waals surface area contributed by atoms with E-state index in [9.17, 15) is 14.7 Å². The average Bonchev–Trinajstić information content (AvgIpc) is 2.89. The van der Waals surface area contributed by atoms with Crippen molar-refractivity contribution >= 4 is 12.1 Å². The number of carbonyl (C=O) groups is 2. The zero-order valence-corrected chi connectivity index (χ0v) is 15.9. The molecule has 0 spiro atoms. The molecule has 7 nitrogen and oxygen atoms in total. The van der Waals surface area contributed by atoms with Crippen molar-refractivity contribution in [2.75, 3.05) is 6.54 Å². The number of nitrogens with zero attached hydrogens (tertiary/aromatic N) is 3. The molecule has 1 aliphatic rings. The standard InChI is InChI=1S/C20H25N3O4/c1-13-7-14(2)9-16(8-13)12-27-20(26)22-5-4-6-23-17(11-22)10-18(21-23)15(3)19(24)25/h7-10,15H,4-6,11-12H2,1-3H3,(H,24,25). The van der Waals surface area contributed by atoms with Crippen molar-refractivity contribution in [3.05, 3.63) is 52.3 Å². The van der Waals surface area contributed by atoms with Gasteiger partial charge in [-0.15, -0.1) is 0 Å². The minimum atomic E-state index is -0.909. The third-order valence-electron chi connectivity index (χ3n) is 4.75. The van der Waals surface area contributed by atoms with Crippen LogP contribution in [0.5, 0.6) is 0 Å². The lowest BCUT2D eigenvalue weighted by molar-refractivity contribution is -0.138. The Bertz CT molecular complexity index is 839. The first-order valence-electron chi connectivity index (χ1n) is 9.12. The monoisotopic (exact) mass is 371 g/mol. The third kappa shape index (κ3) is 4.48. The van der Waals surface area contributed by atoms with Gasteiger partial charge in [-0.1, -0.05) is 29.3 Å². The quantitative estimate of drug-likeness (QED) is 0.892. The summed E-state index contributed by atoms with van der Waals surface area (Å²) < 4.78 is 7.30. The lowest BCUT2D eigenvalue weighted by atomic mass is 10.1. The Labute approximate surface area is 158 Å². The summed E-state index contributed by atoms with van der Waals surface area (Å²) in [6.07, 6.45) is 0.380. The van der Waals surface area contributed by atoms with E-state index in [1.54, 1.807) is 22.6 Å². The number of aromatic nitrogens is 2. The van der Waals surface area contributed by atoms with Gasteiger partial charge < -0.3 is 14.7 Å². The maximum Gasteiger partial charge on any atom is 0.410 e. The van der Waals surface area contributed by atoms with Gasteiger partial charge in [0.2, 0.25) is 0 Å². The molecule has 1 N–H and O–H groups in total. The zero-order chi connectivity index (χ0) is 19.6. The molecule has 1 aliphatic heterocycles. The van der Waals surface area contributed by atoms with Crippen molar-refractivity contribution in [3.63, 3.8) is 0 Å². The minimum absolute atomic E-state index is 0.235. The fourth-order valence-electron chi connectivity index (χ4n) is 3.37. The summed E-state index contributed by atoms with van der Waals surface area (Å²) in [6, 6.07) is 7.87. The predicted molar refractivity (Wildman–Crippen MR) is 99.4 cm³/mol. The molecule has 0 bridgehead atoms. The fourth-order valence-corrected chi connectivity index (χ4v) is 3.37. The molecule has 0 radical (unpaired) electrons. The van der Waals surface area contributed by atoms with E-state index >= 15 is 0 Å². The number of aliphatic carboxylic acids is 1. The first kappa shape index (κ1) is 18.9. The maximum absolute atomic E-state index is 12.5. The molecule has 3 rings (SSSR count). The summed E-state index contributed by atoms with van der Waals surface area (Å²) in [6.45, 7) is 7.49. The van der Waals surface area contributed by atoms with Gasteiger partial charge in [-0.25, -0.2) is 4.79 Å². The topological polar surface area (TPSA) is 84.7 Å². The summed E-state index contributed by atoms with van der Waals surface area (Å²) in [5.41, 5.74) is 4.60. The second-order valence-electron chi connectivity index (χ2n) is 7.17. The van der Waals surface area contributed by atoms with Crippen molar-refractivity contribution in [2.24, 2.45) is 0 Å². The highest BCUT2D eigenvalue weighted by Crippen LogP contribution is 2.20. The summed E-state index contributed by atoms with van der Waals surface area (Å²) >= 11 is 0. The fraction of sp³-hybridized carbons (Fsp3) is 0.450. The van der Waals surface area contributed by atoms with Gasteiger partial charge in [0.1, 0.15) is 6.61 Å². The Hall–Kier alpha value is -2.83. The van der Waals surface area contributed by atoms with Gasteiger partial charge in [0.05, 0.1) is 23.9 Å². The van der Waals surface area contributed by atoms with Crippen molar-refractivity contribution in [3.8, 4) is 0 Å². The molecule has 1 aromatic carbocycles. The average molecular weight is 371 g/mol. The molecule has 2 aromatic rings. The number of benzene rings is 1. The second kappa shape index (κ2) is 7.82. The van der Waals surface area contributed by atoms with Crippen LogP contribution >= 0.6 is 0 Å². The van der Waals surface area contributed by atoms with E-state index in [0.29, 0.717) is 25.3 Å². The van der Waals surface area contributed by atoms with Crippen LogP contribution in [0.4, 0.5) is 4.79 Å². The second-order valence-corrected chi connectivity index (χ2v) is 7.17. The molecule has 1 atom stereocenters. The van der Waals surface area contributed by atoms with E-state index in [1.165, 1.54) is 0 Å². The molecule has 27 heavy (non-hydrogen) atoms. The number of hydrogen-bond acceptors (Lipinski definition) is 4. The van der Waals surface area contributed by atoms with Crippen LogP contribution in [0.25, 0.3) is 0 Å². The molecule has 0 aliphatic carbocycles. The van der Waals surface area contributed by atoms with Crippen LogP contribution < -0.4 is 0 Å². The van der Waals surface area contributed by atoms with Crippen molar-refractivity contribution < 1.29 is 19.4 Å². The van der Waals surface area contributed by atoms with Crippen molar-refractivity contribution in [1.82, 2.24) is 14.7 Å². The van der Waals surface area contributed by atoms with E-state index in [0.717, 1.165) is 28.8 Å². The molecule has 0 saturated carbocycles. The molecule has 0 saturated heterocycles. The van der Waals surface area contributed by atoms with Gasteiger partial charge >= 0.3 is 12.1 Å². The number of carbonyl (C=O) groups excluding carboxylic acids is 1. The van der Waals surface area contributed by atoms with E-state index in [2.05, 4.69) is 11.2 Å². The lowest BCUT2D eigenvalue weighted by Crippen LogP contribution is -2.31. The van der Waals surface area contributed by atoms with E-state index in [4.69, 9.17) is 4.74 Å². The Morgan fingerprint density at radius 3 is 2.56 bits per heavy atom. The maximum atomic E-state index is 12.5. The van der Waals surface area contributed by atoms with Gasteiger partial charge in [-0.3, -0.25) is 9.48 Å². The number of fused-ring (bicyclic) bond motifs is 1.